The van der Waals surface area contributed by atoms with Gasteiger partial charge in [0.2, 0.25) is 0 Å². The maximum Gasteiger partial charge on any atom is 0.383 e. The van der Waals surface area contributed by atoms with Crippen LogP contribution in [-0.4, -0.2) is 23.2 Å². The Morgan fingerprint density at radius 3 is 2.62 bits per heavy atom. The number of anilines is 2. The summed E-state index contributed by atoms with van der Waals surface area (Å²) < 4.78 is 48.7. The van der Waals surface area contributed by atoms with E-state index >= 15 is 0 Å². The Hall–Kier alpha value is -1.86. The predicted octanol–water partition coefficient (Wildman–Crippen LogP) is 1.50. The van der Waals surface area contributed by atoms with E-state index in [-0.39, 0.29) is 11.4 Å². The minimum atomic E-state index is -4.75. The Kier molecular flexibility index (Phi) is 3.31. The lowest BCUT2D eigenvalue weighted by molar-refractivity contribution is -0.163. The van der Waals surface area contributed by atoms with E-state index in [1.807, 2.05) is 0 Å². The molecule has 0 aromatic carbocycles. The lowest BCUT2D eigenvalue weighted by Crippen LogP contribution is -2.41. The molecule has 0 atom stereocenters. The normalized spacial score (nSPS) is 11.6. The summed E-state index contributed by atoms with van der Waals surface area (Å²) in [6.07, 6.45) is -1.81. The lowest BCUT2D eigenvalue weighted by Gasteiger charge is -2.15. The number of halogens is 4. The third-order valence-electron chi connectivity index (χ3n) is 1.68. The first-order valence-electron chi connectivity index (χ1n) is 4.02. The van der Waals surface area contributed by atoms with Gasteiger partial charge in [-0.25, -0.2) is 8.78 Å². The van der Waals surface area contributed by atoms with Crippen LogP contribution in [0.4, 0.5) is 28.9 Å². The topological polar surface area (TPSA) is 68.0 Å². The number of aromatic nitrogens is 1. The van der Waals surface area contributed by atoms with Crippen LogP contribution in [0.3, 0.4) is 0 Å². The maximum atomic E-state index is 12.5. The van der Waals surface area contributed by atoms with Crippen molar-refractivity contribution in [3.8, 4) is 0 Å². The third kappa shape index (κ3) is 2.38. The van der Waals surface area contributed by atoms with E-state index in [0.29, 0.717) is 0 Å². The largest absolute Gasteiger partial charge is 0.396 e. The Balaban J connectivity index is 2.84. The number of hydrogen-bond donors (Lipinski definition) is 2. The number of nitrogens with two attached hydrogens (primary N) is 1. The number of nitrogen functional groups attached to an aromatic ring is 1. The fourth-order valence-corrected chi connectivity index (χ4v) is 0.825. The van der Waals surface area contributed by atoms with Gasteiger partial charge in [0.25, 0.3) is 0 Å². The molecule has 3 N–H and O–H groups in total. The first-order chi connectivity index (χ1) is 7.35. The summed E-state index contributed by atoms with van der Waals surface area (Å²) in [6, 6.07) is 1.12. The van der Waals surface area contributed by atoms with E-state index in [9.17, 15) is 22.4 Å². The first kappa shape index (κ1) is 12.2. The highest BCUT2D eigenvalue weighted by Gasteiger charge is 2.49. The molecule has 0 unspecified atom stereocenters. The maximum absolute atomic E-state index is 12.5. The summed E-state index contributed by atoms with van der Waals surface area (Å²) in [5, 5.41) is 1.60. The van der Waals surface area contributed by atoms with Gasteiger partial charge in [-0.15, -0.1) is 0 Å². The average Bonchev–Trinajstić information content (AvgIpc) is 2.21. The molecule has 0 aliphatic carbocycles. The highest BCUT2D eigenvalue weighted by atomic mass is 19.3. The van der Waals surface area contributed by atoms with Crippen LogP contribution in [0.25, 0.3) is 0 Å². The Morgan fingerprint density at radius 1 is 1.50 bits per heavy atom. The molecule has 8 heteroatoms. The Bertz CT molecular complexity index is 397. The van der Waals surface area contributed by atoms with Crippen molar-refractivity contribution in [1.29, 1.82) is 0 Å². The van der Waals surface area contributed by atoms with Crippen LogP contribution >= 0.6 is 0 Å². The second-order valence-corrected chi connectivity index (χ2v) is 2.84. The van der Waals surface area contributed by atoms with E-state index in [0.717, 1.165) is 12.3 Å². The number of amides is 1. The van der Waals surface area contributed by atoms with E-state index in [1.54, 1.807) is 5.32 Å². The molecule has 4 nitrogen and oxygen atoms in total. The summed E-state index contributed by atoms with van der Waals surface area (Å²) in [5.74, 6) is -6.86. The molecular formula is C8H7F4N3O. The number of hydrogen-bond acceptors (Lipinski definition) is 3. The Labute approximate surface area is 87.5 Å². The van der Waals surface area contributed by atoms with Crippen LogP contribution < -0.4 is 11.1 Å². The molecule has 1 rings (SSSR count). The molecule has 0 fully saturated rings. The molecule has 0 saturated carbocycles. The molecule has 1 amide bonds. The molecular weight excluding hydrogens is 230 g/mol. The van der Waals surface area contributed by atoms with Gasteiger partial charge in [-0.05, 0) is 6.07 Å². The van der Waals surface area contributed by atoms with Crippen molar-refractivity contribution in [2.45, 2.75) is 12.3 Å². The molecule has 1 aromatic heterocycles. The van der Waals surface area contributed by atoms with E-state index in [4.69, 9.17) is 5.73 Å². The average molecular weight is 237 g/mol. The van der Waals surface area contributed by atoms with Crippen molar-refractivity contribution in [1.82, 2.24) is 4.98 Å². The van der Waals surface area contributed by atoms with Gasteiger partial charge in [0.05, 0.1) is 17.6 Å². The van der Waals surface area contributed by atoms with E-state index < -0.39 is 18.3 Å². The number of alkyl halides is 4. The second-order valence-electron chi connectivity index (χ2n) is 2.84. The molecule has 0 spiro atoms. The van der Waals surface area contributed by atoms with E-state index in [2.05, 4.69) is 4.98 Å². The number of nitrogens with zero attached hydrogens (tertiary/aromatic N) is 1. The van der Waals surface area contributed by atoms with Gasteiger partial charge in [0, 0.05) is 6.20 Å². The SMILES string of the molecule is Nc1cnccc1NC(=O)C(F)(F)C(F)F. The summed E-state index contributed by atoms with van der Waals surface area (Å²) in [6.45, 7) is 0. The molecule has 16 heavy (non-hydrogen) atoms. The van der Waals surface area contributed by atoms with Crippen molar-refractivity contribution >= 4 is 17.3 Å². The van der Waals surface area contributed by atoms with Crippen molar-refractivity contribution in [2.75, 3.05) is 11.1 Å². The predicted molar refractivity (Wildman–Crippen MR) is 48.2 cm³/mol. The zero-order valence-corrected chi connectivity index (χ0v) is 7.75. The highest BCUT2D eigenvalue weighted by molar-refractivity contribution is 5.98. The van der Waals surface area contributed by atoms with Crippen molar-refractivity contribution in [2.24, 2.45) is 0 Å². The van der Waals surface area contributed by atoms with Crippen LogP contribution in [0.1, 0.15) is 0 Å². The number of nitrogens with one attached hydrogen (secondary N) is 1. The number of pyridine rings is 1. The molecule has 0 bridgehead atoms. The second kappa shape index (κ2) is 4.33. The minimum Gasteiger partial charge on any atom is -0.396 e. The van der Waals surface area contributed by atoms with Gasteiger partial charge in [0.15, 0.2) is 0 Å². The van der Waals surface area contributed by atoms with Crippen LogP contribution in [0.5, 0.6) is 0 Å². The number of rotatable bonds is 3. The van der Waals surface area contributed by atoms with E-state index in [1.165, 1.54) is 6.20 Å². The molecule has 1 heterocycles. The quantitative estimate of drug-likeness (QED) is 0.783. The summed E-state index contributed by atoms with van der Waals surface area (Å²) in [7, 11) is 0. The first-order valence-corrected chi connectivity index (χ1v) is 4.02. The zero-order chi connectivity index (χ0) is 12.3. The zero-order valence-electron chi connectivity index (χ0n) is 7.75. The van der Waals surface area contributed by atoms with Crippen LogP contribution in [-0.2, 0) is 4.79 Å². The Morgan fingerprint density at radius 2 is 2.12 bits per heavy atom. The standard InChI is InChI=1S/C8H7F4N3O/c9-6(10)8(11,12)7(16)15-5-1-2-14-3-4(5)13/h1-3,6H,13H2,(H,14,15,16). The van der Waals surface area contributed by atoms with Gasteiger partial charge in [-0.3, -0.25) is 9.78 Å². The monoisotopic (exact) mass is 237 g/mol. The fraction of sp³-hybridized carbons (Fsp3) is 0.250. The van der Waals surface area contributed by atoms with Crippen molar-refractivity contribution in [3.63, 3.8) is 0 Å². The molecule has 0 aliphatic heterocycles. The third-order valence-corrected chi connectivity index (χ3v) is 1.68. The smallest absolute Gasteiger partial charge is 0.383 e. The van der Waals surface area contributed by atoms with Gasteiger partial charge < -0.3 is 11.1 Å². The van der Waals surface area contributed by atoms with Crippen LogP contribution in [0, 0.1) is 0 Å². The highest BCUT2D eigenvalue weighted by Crippen LogP contribution is 2.25. The molecule has 0 aliphatic rings. The number of carbonyl (C=O) groups excluding carboxylic acids is 1. The van der Waals surface area contributed by atoms with Gasteiger partial charge in [-0.1, -0.05) is 0 Å². The van der Waals surface area contributed by atoms with Gasteiger partial charge in [-0.2, -0.15) is 8.78 Å². The minimum absolute atomic E-state index is 0.0964. The van der Waals surface area contributed by atoms with Gasteiger partial charge in [0.1, 0.15) is 0 Å². The summed E-state index contributed by atoms with van der Waals surface area (Å²) in [4.78, 5) is 14.3. The fourth-order valence-electron chi connectivity index (χ4n) is 0.825. The molecule has 0 radical (unpaired) electrons. The lowest BCUT2D eigenvalue weighted by atomic mass is 10.3. The van der Waals surface area contributed by atoms with Crippen LogP contribution in [0.2, 0.25) is 0 Å². The van der Waals surface area contributed by atoms with Crippen molar-refractivity contribution in [3.05, 3.63) is 18.5 Å². The van der Waals surface area contributed by atoms with Gasteiger partial charge >= 0.3 is 18.3 Å². The molecule has 1 aromatic rings. The number of carbonyl (C=O) groups is 1. The molecule has 88 valence electrons. The van der Waals surface area contributed by atoms with Crippen LogP contribution in [0.15, 0.2) is 18.5 Å². The summed E-state index contributed by atoms with van der Waals surface area (Å²) >= 11 is 0. The summed E-state index contributed by atoms with van der Waals surface area (Å²) in [5.41, 5.74) is 4.99. The van der Waals surface area contributed by atoms with Crippen molar-refractivity contribution < 1.29 is 22.4 Å². The molecule has 0 saturated heterocycles.